The summed E-state index contributed by atoms with van der Waals surface area (Å²) in [5.74, 6) is 0.932. The number of aromatic nitrogens is 4. The lowest BCUT2D eigenvalue weighted by molar-refractivity contribution is -0.128. The molecule has 372 valence electrons. The van der Waals surface area contributed by atoms with Gasteiger partial charge in [0.15, 0.2) is 5.41 Å². The molecule has 1 fully saturated rings. The second-order valence-corrected chi connectivity index (χ2v) is 20.0. The summed E-state index contributed by atoms with van der Waals surface area (Å²) in [4.78, 5) is 49.8. The van der Waals surface area contributed by atoms with Crippen molar-refractivity contribution in [2.75, 3.05) is 0 Å². The van der Waals surface area contributed by atoms with E-state index in [1.807, 2.05) is 39.1 Å². The van der Waals surface area contributed by atoms with E-state index in [0.29, 0.717) is 22.7 Å². The number of halogens is 4. The molecule has 3 aromatic rings. The molecule has 1 aromatic carbocycles. The summed E-state index contributed by atoms with van der Waals surface area (Å²) in [7, 11) is 2.07. The number of alkyl halides is 3. The summed E-state index contributed by atoms with van der Waals surface area (Å²) in [6, 6.07) is 10.6. The number of hydrogen-bond acceptors (Lipinski definition) is 8. The Kier molecular flexibility index (Phi) is 21.5. The Morgan fingerprint density at radius 1 is 1.04 bits per heavy atom. The third kappa shape index (κ3) is 16.0. The first kappa shape index (κ1) is 57.3. The molecule has 1 aliphatic rings. The van der Waals surface area contributed by atoms with Gasteiger partial charge in [-0.15, -0.1) is 0 Å². The molecular formula is C51H72ClF3N9O3P. The van der Waals surface area contributed by atoms with E-state index in [-0.39, 0.29) is 53.3 Å². The summed E-state index contributed by atoms with van der Waals surface area (Å²) in [5.41, 5.74) is 9.35. The third-order valence-electron chi connectivity index (χ3n) is 12.2. The topological polar surface area (TPSA) is 173 Å². The molecular weight excluding hydrogens is 910 g/mol. The normalized spacial score (nSPS) is 19.4. The fourth-order valence-electron chi connectivity index (χ4n) is 7.74. The number of nitrogens with one attached hydrogen (secondary N) is 2. The number of H-pyrrole nitrogens is 1. The summed E-state index contributed by atoms with van der Waals surface area (Å²) in [6.07, 6.45) is 12.9. The van der Waals surface area contributed by atoms with Gasteiger partial charge in [-0.2, -0.15) is 19.0 Å². The van der Waals surface area contributed by atoms with E-state index in [9.17, 15) is 27.6 Å². The van der Waals surface area contributed by atoms with Gasteiger partial charge in [0, 0.05) is 52.4 Å². The molecule has 7 atom stereocenters. The van der Waals surface area contributed by atoms with Crippen molar-refractivity contribution in [3.63, 3.8) is 0 Å². The van der Waals surface area contributed by atoms with Crippen molar-refractivity contribution in [2.45, 2.75) is 152 Å². The fraction of sp³-hybridized carbons (Fsp3) is 0.529. The van der Waals surface area contributed by atoms with Gasteiger partial charge in [-0.1, -0.05) is 93.1 Å². The van der Waals surface area contributed by atoms with Crippen LogP contribution in [-0.2, 0) is 21.5 Å². The van der Waals surface area contributed by atoms with Gasteiger partial charge in [-0.05, 0) is 126 Å². The standard InChI is InChI=1S/C30H43ClN2O.C21H29F3N7O2P/c1-9-16-30(28(34)20(6)10-2)18-26(30)25-15-14-24(17-27(25)31)23(13-5)19-32-29(21(7)11-3)33-22(8)12-4;1-12(7-13(9-25)10-26-19(22)23)18(33)27-20(2,3)11-31-15(8-16(30-31)21(4,24)34)14-5-6-17(32)29-28-14/h12-15,17,19-21,26H,9-11,16,18H2,1-8H3;5-6,8-10,12,19H,7,11,25,34H2,1-4H3,(H,27,33)(H,29,32)/b22-12-,23-13+,32-19?,33-29?;13-9-,26-10+. The molecule has 2 aromatic heterocycles. The van der Waals surface area contributed by atoms with E-state index >= 15 is 0 Å². The van der Waals surface area contributed by atoms with Crippen LogP contribution in [0.3, 0.4) is 0 Å². The first-order chi connectivity index (χ1) is 31.9. The number of hydrogen-bond donors (Lipinski definition) is 3. The van der Waals surface area contributed by atoms with Crippen molar-refractivity contribution < 1.29 is 22.8 Å². The van der Waals surface area contributed by atoms with Gasteiger partial charge in [0.2, 0.25) is 5.91 Å². The van der Waals surface area contributed by atoms with E-state index in [2.05, 4.69) is 87.7 Å². The number of rotatable bonds is 21. The summed E-state index contributed by atoms with van der Waals surface area (Å²) in [6.45, 7) is 20.4. The zero-order valence-corrected chi connectivity index (χ0v) is 43.7. The maximum atomic E-state index is 14.6. The smallest absolute Gasteiger partial charge is 0.331 e. The number of Topliss-reactive ketones (excluding diaryl/α,β-unsaturated/α-hetero) is 1. The van der Waals surface area contributed by atoms with Crippen molar-refractivity contribution in [2.24, 2.45) is 43.9 Å². The highest BCUT2D eigenvalue weighted by molar-refractivity contribution is 7.18. The van der Waals surface area contributed by atoms with Crippen molar-refractivity contribution in [1.82, 2.24) is 25.3 Å². The fourth-order valence-corrected chi connectivity index (χ4v) is 8.20. The molecule has 0 spiro atoms. The molecule has 4 N–H and O–H groups in total. The van der Waals surface area contributed by atoms with E-state index in [0.717, 1.165) is 77.8 Å². The number of benzene rings is 1. The number of ketones is 1. The zero-order chi connectivity index (χ0) is 51.1. The van der Waals surface area contributed by atoms with Gasteiger partial charge < -0.3 is 11.1 Å². The van der Waals surface area contributed by atoms with E-state index in [1.54, 1.807) is 20.8 Å². The molecule has 4 rings (SSSR count). The van der Waals surface area contributed by atoms with Gasteiger partial charge in [-0.3, -0.25) is 19.1 Å². The second kappa shape index (κ2) is 25.6. The number of nitrogens with two attached hydrogens (primary N) is 1. The minimum absolute atomic E-state index is 0.105. The van der Waals surface area contributed by atoms with E-state index in [4.69, 9.17) is 27.3 Å². The van der Waals surface area contributed by atoms with Crippen LogP contribution in [-0.4, -0.2) is 62.0 Å². The number of aliphatic imine (C=N–C) groups is 3. The Labute approximate surface area is 408 Å². The van der Waals surface area contributed by atoms with Gasteiger partial charge in [0.25, 0.3) is 5.56 Å². The Morgan fingerprint density at radius 3 is 2.25 bits per heavy atom. The predicted molar refractivity (Wildman–Crippen MR) is 276 cm³/mol. The van der Waals surface area contributed by atoms with Crippen LogP contribution in [0.2, 0.25) is 5.02 Å². The SMILES string of the molecule is C/C=C(/C)N=C(N=C/C(=C\C)c1ccc(C2CC2(CCC)C(=O)C(C)CC)c(Cl)c1)C(C)CC.CC(CC(=C/N)/C=N/C(F)F)C(=O)NC(C)(C)Cn1nc(C(C)(F)P)cc1-c1ccc(=O)[nH]n1. The lowest BCUT2D eigenvalue weighted by Gasteiger charge is -2.28. The molecule has 12 nitrogen and oxygen atoms in total. The predicted octanol–water partition coefficient (Wildman–Crippen LogP) is 11.8. The van der Waals surface area contributed by atoms with Crippen LogP contribution < -0.4 is 16.6 Å². The number of carbonyl (C=O) groups excluding carboxylic acids is 2. The molecule has 2 heterocycles. The van der Waals surface area contributed by atoms with Crippen LogP contribution in [0.25, 0.3) is 17.0 Å². The first-order valence-corrected chi connectivity index (χ1v) is 24.3. The average molecular weight is 983 g/mol. The van der Waals surface area contributed by atoms with Crippen LogP contribution in [0.1, 0.15) is 144 Å². The number of amides is 1. The number of amidine groups is 1. The van der Waals surface area contributed by atoms with E-state index in [1.165, 1.54) is 29.8 Å². The van der Waals surface area contributed by atoms with Crippen molar-refractivity contribution in [3.05, 3.63) is 98.2 Å². The Hall–Kier alpha value is -5.01. The van der Waals surface area contributed by atoms with Gasteiger partial charge in [-0.25, -0.2) is 24.5 Å². The van der Waals surface area contributed by atoms with Gasteiger partial charge in [0.05, 0.1) is 17.8 Å². The molecule has 0 aliphatic heterocycles. The lowest BCUT2D eigenvalue weighted by Crippen LogP contribution is -2.48. The van der Waals surface area contributed by atoms with Crippen LogP contribution in [0.4, 0.5) is 13.2 Å². The molecule has 1 saturated carbocycles. The number of allylic oxidation sites excluding steroid dienone is 5. The Bertz CT molecular complexity index is 2430. The van der Waals surface area contributed by atoms with Crippen LogP contribution in [0, 0.1) is 23.2 Å². The van der Waals surface area contributed by atoms with Gasteiger partial charge in [0.1, 0.15) is 23.0 Å². The monoisotopic (exact) mass is 982 g/mol. The van der Waals surface area contributed by atoms with Crippen LogP contribution in [0.15, 0.2) is 85.8 Å². The zero-order valence-electron chi connectivity index (χ0n) is 41.8. The van der Waals surface area contributed by atoms with Crippen LogP contribution in [0.5, 0.6) is 0 Å². The number of carbonyl (C=O) groups is 2. The summed E-state index contributed by atoms with van der Waals surface area (Å²) < 4.78 is 40.7. The van der Waals surface area contributed by atoms with Gasteiger partial charge >= 0.3 is 6.55 Å². The number of aromatic amines is 1. The average Bonchev–Trinajstić information content (AvgIpc) is 3.85. The quantitative estimate of drug-likeness (QED) is 0.0415. The van der Waals surface area contributed by atoms with E-state index < -0.39 is 23.4 Å². The Balaban J connectivity index is 0.000000360. The van der Waals surface area contributed by atoms with Crippen molar-refractivity contribution in [3.8, 4) is 11.4 Å². The highest BCUT2D eigenvalue weighted by Crippen LogP contribution is 2.64. The molecule has 17 heteroatoms. The molecule has 7 unspecified atom stereocenters. The largest absolute Gasteiger partial charge is 0.404 e. The molecule has 1 amide bonds. The molecule has 0 bridgehead atoms. The maximum absolute atomic E-state index is 14.6. The minimum Gasteiger partial charge on any atom is -0.404 e. The summed E-state index contributed by atoms with van der Waals surface area (Å²) >= 11 is 6.82. The number of nitrogens with zero attached hydrogens (tertiary/aromatic N) is 6. The first-order valence-electron chi connectivity index (χ1n) is 23.3. The molecule has 0 saturated heterocycles. The highest BCUT2D eigenvalue weighted by atomic mass is 35.5. The highest BCUT2D eigenvalue weighted by Gasteiger charge is 2.60. The minimum atomic E-state index is -2.86. The van der Waals surface area contributed by atoms with Crippen LogP contribution >= 0.6 is 20.8 Å². The Morgan fingerprint density at radius 2 is 1.72 bits per heavy atom. The second-order valence-electron chi connectivity index (χ2n) is 18.5. The van der Waals surface area contributed by atoms with Crippen molar-refractivity contribution >= 4 is 56.4 Å². The maximum Gasteiger partial charge on any atom is 0.331 e. The summed E-state index contributed by atoms with van der Waals surface area (Å²) in [5, 5.41) is 12.5. The molecule has 68 heavy (non-hydrogen) atoms. The molecule has 1 aliphatic carbocycles. The lowest BCUT2D eigenvalue weighted by atomic mass is 9.83. The third-order valence-corrected chi connectivity index (χ3v) is 12.8. The molecule has 0 radical (unpaired) electrons. The van der Waals surface area contributed by atoms with Crippen molar-refractivity contribution in [1.29, 1.82) is 0 Å².